The van der Waals surface area contributed by atoms with Crippen LogP contribution in [0.15, 0.2) is 83.8 Å². The fraction of sp³-hybridized carbons (Fsp3) is 0.0435. The lowest BCUT2D eigenvalue weighted by Gasteiger charge is -2.03. The molecule has 0 aliphatic rings. The Morgan fingerprint density at radius 3 is 2.19 bits per heavy atom. The summed E-state index contributed by atoms with van der Waals surface area (Å²) >= 11 is 7.19. The topological polar surface area (TPSA) is 76.1 Å². The molecule has 0 spiro atoms. The molecule has 156 valence electrons. The molecule has 0 bridgehead atoms. The quantitative estimate of drug-likeness (QED) is 0.359. The number of hydrogen-bond acceptors (Lipinski definition) is 6. The molecule has 0 saturated heterocycles. The number of nitrogens with zero attached hydrogens (tertiary/aromatic N) is 1. The van der Waals surface area contributed by atoms with Crippen molar-refractivity contribution in [2.75, 3.05) is 11.6 Å². The average Bonchev–Trinajstić information content (AvgIpc) is 3.19. The van der Waals surface area contributed by atoms with Gasteiger partial charge in [0.25, 0.3) is 0 Å². The SMILES string of the molecule is CS(=O)(=O)c1ccc(C(=O)c2sc(Nc3ccc(Cl)cc3)nc2-c2ccccc2)cc1. The molecule has 0 amide bonds. The third-order valence-corrected chi connectivity index (χ3v) is 6.87. The van der Waals surface area contributed by atoms with E-state index >= 15 is 0 Å². The largest absolute Gasteiger partial charge is 0.332 e. The van der Waals surface area contributed by atoms with Gasteiger partial charge in [0, 0.05) is 28.1 Å². The average molecular weight is 469 g/mol. The molecule has 5 nitrogen and oxygen atoms in total. The molecule has 8 heteroatoms. The number of sulfone groups is 1. The van der Waals surface area contributed by atoms with Crippen molar-refractivity contribution in [2.24, 2.45) is 0 Å². The van der Waals surface area contributed by atoms with Crippen molar-refractivity contribution < 1.29 is 13.2 Å². The number of halogens is 1. The van der Waals surface area contributed by atoms with Crippen LogP contribution >= 0.6 is 22.9 Å². The lowest BCUT2D eigenvalue weighted by atomic mass is 10.1. The van der Waals surface area contributed by atoms with Crippen LogP contribution < -0.4 is 5.32 Å². The minimum Gasteiger partial charge on any atom is -0.332 e. The molecule has 4 aromatic rings. The molecule has 1 aromatic heterocycles. The Morgan fingerprint density at radius 1 is 0.935 bits per heavy atom. The van der Waals surface area contributed by atoms with E-state index in [4.69, 9.17) is 11.6 Å². The van der Waals surface area contributed by atoms with Crippen LogP contribution in [0.5, 0.6) is 0 Å². The number of thiazole rings is 1. The molecule has 4 rings (SSSR count). The van der Waals surface area contributed by atoms with Crippen LogP contribution in [-0.4, -0.2) is 25.4 Å². The van der Waals surface area contributed by atoms with Gasteiger partial charge < -0.3 is 5.32 Å². The van der Waals surface area contributed by atoms with Crippen molar-refractivity contribution in [2.45, 2.75) is 4.90 Å². The van der Waals surface area contributed by atoms with Gasteiger partial charge in [-0.2, -0.15) is 0 Å². The van der Waals surface area contributed by atoms with E-state index < -0.39 is 9.84 Å². The normalized spacial score (nSPS) is 11.3. The Hall–Kier alpha value is -3.00. The summed E-state index contributed by atoms with van der Waals surface area (Å²) in [6, 6.07) is 22.6. The van der Waals surface area contributed by atoms with Crippen LogP contribution in [0.1, 0.15) is 15.2 Å². The van der Waals surface area contributed by atoms with Crippen LogP contribution in [-0.2, 0) is 9.84 Å². The van der Waals surface area contributed by atoms with E-state index in [0.717, 1.165) is 17.5 Å². The molecule has 0 saturated carbocycles. The maximum absolute atomic E-state index is 13.3. The molecule has 0 atom stereocenters. The minimum absolute atomic E-state index is 0.168. The van der Waals surface area contributed by atoms with E-state index in [1.807, 2.05) is 42.5 Å². The Labute approximate surface area is 189 Å². The maximum atomic E-state index is 13.3. The zero-order chi connectivity index (χ0) is 22.0. The second-order valence-electron chi connectivity index (χ2n) is 6.82. The predicted octanol–water partition coefficient (Wildman–Crippen LogP) is 5.84. The van der Waals surface area contributed by atoms with E-state index in [9.17, 15) is 13.2 Å². The highest BCUT2D eigenvalue weighted by Gasteiger charge is 2.21. The van der Waals surface area contributed by atoms with Crippen molar-refractivity contribution >= 4 is 49.4 Å². The number of hydrogen-bond donors (Lipinski definition) is 1. The van der Waals surface area contributed by atoms with Gasteiger partial charge in [-0.1, -0.05) is 53.3 Å². The summed E-state index contributed by atoms with van der Waals surface area (Å²) in [5.74, 6) is -0.222. The Morgan fingerprint density at radius 2 is 1.58 bits per heavy atom. The fourth-order valence-corrected chi connectivity index (χ4v) is 4.69. The molecular weight excluding hydrogens is 452 g/mol. The molecule has 0 aliphatic heterocycles. The number of carbonyl (C=O) groups is 1. The van der Waals surface area contributed by atoms with Crippen LogP contribution in [0.3, 0.4) is 0 Å². The molecule has 0 radical (unpaired) electrons. The van der Waals surface area contributed by atoms with Crippen molar-refractivity contribution in [3.63, 3.8) is 0 Å². The van der Waals surface area contributed by atoms with Crippen LogP contribution in [0.4, 0.5) is 10.8 Å². The summed E-state index contributed by atoms with van der Waals surface area (Å²) in [5.41, 5.74) is 2.58. The van der Waals surface area contributed by atoms with Gasteiger partial charge in [0.05, 0.1) is 10.6 Å². The summed E-state index contributed by atoms with van der Waals surface area (Å²) in [5, 5.41) is 4.41. The first-order valence-electron chi connectivity index (χ1n) is 9.25. The highest BCUT2D eigenvalue weighted by atomic mass is 35.5. The first-order valence-corrected chi connectivity index (χ1v) is 12.3. The van der Waals surface area contributed by atoms with E-state index in [0.29, 0.717) is 26.3 Å². The minimum atomic E-state index is -3.34. The van der Waals surface area contributed by atoms with Gasteiger partial charge in [-0.05, 0) is 48.5 Å². The summed E-state index contributed by atoms with van der Waals surface area (Å²) in [4.78, 5) is 18.6. The summed E-state index contributed by atoms with van der Waals surface area (Å²) in [6.07, 6.45) is 1.13. The van der Waals surface area contributed by atoms with Gasteiger partial charge in [-0.15, -0.1) is 0 Å². The van der Waals surface area contributed by atoms with Crippen LogP contribution in [0.25, 0.3) is 11.3 Å². The zero-order valence-electron chi connectivity index (χ0n) is 16.4. The van der Waals surface area contributed by atoms with Gasteiger partial charge in [-0.3, -0.25) is 4.79 Å². The number of nitrogens with one attached hydrogen (secondary N) is 1. The van der Waals surface area contributed by atoms with Crippen molar-refractivity contribution in [1.82, 2.24) is 4.98 Å². The zero-order valence-corrected chi connectivity index (χ0v) is 18.8. The highest BCUT2D eigenvalue weighted by molar-refractivity contribution is 7.90. The molecular formula is C23H17ClN2O3S2. The molecule has 0 aliphatic carbocycles. The molecule has 31 heavy (non-hydrogen) atoms. The van der Waals surface area contributed by atoms with Gasteiger partial charge in [0.15, 0.2) is 15.0 Å². The van der Waals surface area contributed by atoms with Gasteiger partial charge in [0.2, 0.25) is 5.78 Å². The third kappa shape index (κ3) is 4.85. The fourth-order valence-electron chi connectivity index (χ4n) is 2.96. The summed E-state index contributed by atoms with van der Waals surface area (Å²) < 4.78 is 23.4. The van der Waals surface area contributed by atoms with Crippen molar-refractivity contribution in [3.05, 3.63) is 94.3 Å². The van der Waals surface area contributed by atoms with E-state index in [2.05, 4.69) is 10.3 Å². The molecule has 0 unspecified atom stereocenters. The Bertz CT molecular complexity index is 1330. The van der Waals surface area contributed by atoms with Crippen molar-refractivity contribution in [1.29, 1.82) is 0 Å². The standard InChI is InChI=1S/C23H17ClN2O3S2/c1-31(28,29)19-13-7-16(8-14-19)21(27)22-20(15-5-3-2-4-6-15)26-23(30-22)25-18-11-9-17(24)10-12-18/h2-14H,1H3,(H,25,26). The number of anilines is 2. The number of aromatic nitrogens is 1. The van der Waals surface area contributed by atoms with E-state index in [1.165, 1.54) is 35.6 Å². The monoisotopic (exact) mass is 468 g/mol. The van der Waals surface area contributed by atoms with Crippen LogP contribution in [0.2, 0.25) is 5.02 Å². The lowest BCUT2D eigenvalue weighted by molar-refractivity contribution is 0.104. The smallest absolute Gasteiger partial charge is 0.205 e. The Balaban J connectivity index is 1.73. The number of benzene rings is 3. The van der Waals surface area contributed by atoms with Gasteiger partial charge >= 0.3 is 0 Å². The second kappa shape index (κ2) is 8.63. The second-order valence-corrected chi connectivity index (χ2v) is 10.3. The van der Waals surface area contributed by atoms with E-state index in [1.54, 1.807) is 12.1 Å². The number of rotatable bonds is 6. The third-order valence-electron chi connectivity index (χ3n) is 4.52. The predicted molar refractivity (Wildman–Crippen MR) is 125 cm³/mol. The molecule has 0 fully saturated rings. The van der Waals surface area contributed by atoms with Gasteiger partial charge in [0.1, 0.15) is 4.88 Å². The molecule has 3 aromatic carbocycles. The number of carbonyl (C=O) groups excluding carboxylic acids is 1. The summed E-state index contributed by atoms with van der Waals surface area (Å²) in [6.45, 7) is 0. The molecule has 1 N–H and O–H groups in total. The van der Waals surface area contributed by atoms with E-state index in [-0.39, 0.29) is 10.7 Å². The number of ketones is 1. The highest BCUT2D eigenvalue weighted by Crippen LogP contribution is 2.34. The first-order chi connectivity index (χ1) is 14.8. The maximum Gasteiger partial charge on any atom is 0.205 e. The summed E-state index contributed by atoms with van der Waals surface area (Å²) in [7, 11) is -3.34. The lowest BCUT2D eigenvalue weighted by Crippen LogP contribution is -2.03. The van der Waals surface area contributed by atoms with Gasteiger partial charge in [-0.25, -0.2) is 13.4 Å². The van der Waals surface area contributed by atoms with Crippen molar-refractivity contribution in [3.8, 4) is 11.3 Å². The molecule has 1 heterocycles. The van der Waals surface area contributed by atoms with Crippen LogP contribution in [0, 0.1) is 0 Å². The first kappa shape index (κ1) is 21.2. The Kier molecular flexibility index (Phi) is 5.91.